The van der Waals surface area contributed by atoms with Gasteiger partial charge in [-0.3, -0.25) is 9.20 Å². The van der Waals surface area contributed by atoms with E-state index in [1.807, 2.05) is 11.4 Å². The van der Waals surface area contributed by atoms with Crippen molar-refractivity contribution in [3.05, 3.63) is 48.0 Å². The normalized spacial score (nSPS) is 12.8. The Bertz CT molecular complexity index is 998. The van der Waals surface area contributed by atoms with E-state index in [2.05, 4.69) is 9.97 Å². The fourth-order valence-corrected chi connectivity index (χ4v) is 2.56. The van der Waals surface area contributed by atoms with E-state index < -0.39 is 18.1 Å². The predicted octanol–water partition coefficient (Wildman–Crippen LogP) is 3.39. The van der Waals surface area contributed by atoms with E-state index in [1.54, 1.807) is 42.7 Å². The maximum absolute atomic E-state index is 12.7. The largest absolute Gasteiger partial charge is 0.497 e. The van der Waals surface area contributed by atoms with Crippen molar-refractivity contribution in [3.8, 4) is 17.0 Å². The van der Waals surface area contributed by atoms with Crippen LogP contribution in [0, 0.1) is 6.92 Å². The van der Waals surface area contributed by atoms with Crippen LogP contribution in [0.1, 0.15) is 23.1 Å². The summed E-state index contributed by atoms with van der Waals surface area (Å²) in [5.74, 6) is -0.297. The molecular weight excluding hydrogens is 361 g/mol. The van der Waals surface area contributed by atoms with E-state index in [1.165, 1.54) is 6.33 Å². The lowest BCUT2D eigenvalue weighted by Crippen LogP contribution is -2.43. The van der Waals surface area contributed by atoms with Crippen LogP contribution in [0.3, 0.4) is 0 Å². The van der Waals surface area contributed by atoms with Gasteiger partial charge in [0.15, 0.2) is 11.3 Å². The van der Waals surface area contributed by atoms with E-state index >= 15 is 0 Å². The van der Waals surface area contributed by atoms with Crippen LogP contribution >= 0.6 is 0 Å². The predicted molar refractivity (Wildman–Crippen MR) is 92.7 cm³/mol. The van der Waals surface area contributed by atoms with Crippen LogP contribution in [0.4, 0.5) is 13.2 Å². The number of alkyl halides is 3. The Hall–Kier alpha value is -3.10. The number of hydrogen-bond acceptors (Lipinski definition) is 4. The number of nitrogens with one attached hydrogen (secondary N) is 1. The number of methoxy groups -OCH3 is 1. The Balaban J connectivity index is 2.03. The van der Waals surface area contributed by atoms with Gasteiger partial charge in [-0.15, -0.1) is 0 Å². The summed E-state index contributed by atoms with van der Waals surface area (Å²) in [5, 5.41) is 1.91. The number of benzene rings is 1. The van der Waals surface area contributed by atoms with Gasteiger partial charge in [-0.25, -0.2) is 9.97 Å². The molecule has 1 N–H and O–H groups in total. The molecule has 9 heteroatoms. The maximum atomic E-state index is 12.7. The van der Waals surface area contributed by atoms with E-state index in [-0.39, 0.29) is 11.3 Å². The van der Waals surface area contributed by atoms with E-state index in [9.17, 15) is 18.0 Å². The fourth-order valence-electron chi connectivity index (χ4n) is 2.56. The molecule has 1 aromatic carbocycles. The van der Waals surface area contributed by atoms with Crippen molar-refractivity contribution in [3.63, 3.8) is 0 Å². The summed E-state index contributed by atoms with van der Waals surface area (Å²) in [5.41, 5.74) is 2.04. The van der Waals surface area contributed by atoms with Crippen LogP contribution in [0.2, 0.25) is 0 Å². The van der Waals surface area contributed by atoms with Gasteiger partial charge in [-0.2, -0.15) is 13.2 Å². The molecule has 3 aromatic rings. The third-order valence-corrected chi connectivity index (χ3v) is 4.11. The van der Waals surface area contributed by atoms with Gasteiger partial charge in [0, 0.05) is 11.3 Å². The average Bonchev–Trinajstić information content (AvgIpc) is 3.05. The number of carbonyl (C=O) groups excluding carboxylic acids is 1. The number of imidazole rings is 1. The Morgan fingerprint density at radius 3 is 2.70 bits per heavy atom. The quantitative estimate of drug-likeness (QED) is 0.756. The number of aryl methyl sites for hydroxylation is 1. The molecule has 3 rings (SSSR count). The van der Waals surface area contributed by atoms with E-state index in [0.29, 0.717) is 11.4 Å². The van der Waals surface area contributed by atoms with Crippen LogP contribution < -0.4 is 10.1 Å². The number of amides is 1. The number of ether oxygens (including phenoxy) is 1. The molecular formula is C18H17F3N4O2. The first-order chi connectivity index (χ1) is 12.7. The van der Waals surface area contributed by atoms with Crippen molar-refractivity contribution in [2.24, 2.45) is 0 Å². The standard InChI is InChI=1S/C18H17F3N4O2/c1-10-7-14(12-5-4-6-13(8-12)27-3)24-16-15(22-9-25(10)16)17(26)23-11(2)18(19,20)21/h4-9,11H,1-3H3,(H,23,26)/t11-/m1/s1. The summed E-state index contributed by atoms with van der Waals surface area (Å²) in [6.45, 7) is 2.66. The second-order valence-corrected chi connectivity index (χ2v) is 6.04. The molecule has 0 aliphatic heterocycles. The zero-order valence-electron chi connectivity index (χ0n) is 14.8. The minimum Gasteiger partial charge on any atom is -0.497 e. The zero-order chi connectivity index (χ0) is 19.8. The van der Waals surface area contributed by atoms with Gasteiger partial charge in [0.1, 0.15) is 18.1 Å². The first kappa shape index (κ1) is 18.7. The number of rotatable bonds is 4. The topological polar surface area (TPSA) is 68.5 Å². The maximum Gasteiger partial charge on any atom is 0.408 e. The Morgan fingerprint density at radius 2 is 2.04 bits per heavy atom. The van der Waals surface area contributed by atoms with Gasteiger partial charge in [0.2, 0.25) is 0 Å². The summed E-state index contributed by atoms with van der Waals surface area (Å²) in [6.07, 6.45) is -3.18. The van der Waals surface area contributed by atoms with Crippen molar-refractivity contribution in [1.82, 2.24) is 19.7 Å². The van der Waals surface area contributed by atoms with Crippen LogP contribution in [-0.2, 0) is 0 Å². The average molecular weight is 378 g/mol. The van der Waals surface area contributed by atoms with Gasteiger partial charge >= 0.3 is 6.18 Å². The number of hydrogen-bond donors (Lipinski definition) is 1. The first-order valence-corrected chi connectivity index (χ1v) is 8.07. The summed E-state index contributed by atoms with van der Waals surface area (Å²) in [6, 6.07) is 6.98. The number of fused-ring (bicyclic) bond motifs is 1. The van der Waals surface area contributed by atoms with Gasteiger partial charge in [0.25, 0.3) is 5.91 Å². The molecule has 2 heterocycles. The Kier molecular flexibility index (Phi) is 4.77. The minimum absolute atomic E-state index is 0.168. The molecule has 1 amide bonds. The molecule has 0 fully saturated rings. The molecule has 0 aliphatic carbocycles. The molecule has 2 aromatic heterocycles. The molecule has 0 saturated carbocycles. The smallest absolute Gasteiger partial charge is 0.408 e. The molecule has 0 spiro atoms. The highest BCUT2D eigenvalue weighted by molar-refractivity contribution is 5.98. The van der Waals surface area contributed by atoms with Gasteiger partial charge in [0.05, 0.1) is 12.8 Å². The highest BCUT2D eigenvalue weighted by Crippen LogP contribution is 2.25. The Labute approximate surface area is 153 Å². The van der Waals surface area contributed by atoms with Crippen molar-refractivity contribution in [2.75, 3.05) is 7.11 Å². The zero-order valence-corrected chi connectivity index (χ0v) is 14.8. The minimum atomic E-state index is -4.54. The molecule has 142 valence electrons. The second-order valence-electron chi connectivity index (χ2n) is 6.04. The van der Waals surface area contributed by atoms with Crippen molar-refractivity contribution < 1.29 is 22.7 Å². The molecule has 6 nitrogen and oxygen atoms in total. The summed E-state index contributed by atoms with van der Waals surface area (Å²) < 4.78 is 44.9. The summed E-state index contributed by atoms with van der Waals surface area (Å²) in [4.78, 5) is 20.7. The van der Waals surface area contributed by atoms with Gasteiger partial charge in [-0.05, 0) is 32.0 Å². The molecule has 0 saturated heterocycles. The third-order valence-electron chi connectivity index (χ3n) is 4.11. The molecule has 27 heavy (non-hydrogen) atoms. The van der Waals surface area contributed by atoms with Gasteiger partial charge < -0.3 is 10.1 Å². The lowest BCUT2D eigenvalue weighted by Gasteiger charge is -2.16. The molecule has 0 bridgehead atoms. The monoisotopic (exact) mass is 378 g/mol. The summed E-state index contributed by atoms with van der Waals surface area (Å²) >= 11 is 0. The van der Waals surface area contributed by atoms with Crippen LogP contribution in [0.5, 0.6) is 5.75 Å². The third kappa shape index (κ3) is 3.71. The van der Waals surface area contributed by atoms with E-state index in [4.69, 9.17) is 4.74 Å². The van der Waals surface area contributed by atoms with Crippen molar-refractivity contribution in [2.45, 2.75) is 26.1 Å². The fraction of sp³-hybridized carbons (Fsp3) is 0.278. The number of halogens is 3. The highest BCUT2D eigenvalue weighted by Gasteiger charge is 2.37. The van der Waals surface area contributed by atoms with Crippen molar-refractivity contribution in [1.29, 1.82) is 0 Å². The highest BCUT2D eigenvalue weighted by atomic mass is 19.4. The van der Waals surface area contributed by atoms with Crippen molar-refractivity contribution >= 4 is 11.6 Å². The molecule has 0 unspecified atom stereocenters. The Morgan fingerprint density at radius 1 is 1.30 bits per heavy atom. The van der Waals surface area contributed by atoms with Crippen LogP contribution in [0.15, 0.2) is 36.7 Å². The molecule has 1 atom stereocenters. The summed E-state index contributed by atoms with van der Waals surface area (Å²) in [7, 11) is 1.54. The molecule has 0 aliphatic rings. The molecule has 0 radical (unpaired) electrons. The lowest BCUT2D eigenvalue weighted by atomic mass is 10.1. The number of carbonyl (C=O) groups is 1. The van der Waals surface area contributed by atoms with Crippen LogP contribution in [0.25, 0.3) is 16.9 Å². The lowest BCUT2D eigenvalue weighted by molar-refractivity contribution is -0.149. The first-order valence-electron chi connectivity index (χ1n) is 8.07. The van der Waals surface area contributed by atoms with E-state index in [0.717, 1.165) is 18.2 Å². The SMILES string of the molecule is COc1cccc(-c2cc(C)n3cnc(C(=O)N[C@H](C)C(F)(F)F)c3n2)c1. The van der Waals surface area contributed by atoms with Gasteiger partial charge in [-0.1, -0.05) is 12.1 Å². The van der Waals surface area contributed by atoms with Crippen LogP contribution in [-0.4, -0.2) is 39.6 Å². The number of aromatic nitrogens is 3. The number of nitrogens with zero attached hydrogens (tertiary/aromatic N) is 3. The second kappa shape index (κ2) is 6.90.